The van der Waals surface area contributed by atoms with E-state index in [1.165, 1.54) is 10.8 Å². The molecule has 1 aliphatic carbocycles. The zero-order chi connectivity index (χ0) is 30.2. The molecule has 222 valence electrons. The molecular weight excluding hydrogens is 565 g/mol. The van der Waals surface area contributed by atoms with E-state index in [1.807, 2.05) is 5.32 Å². The lowest BCUT2D eigenvalue weighted by Crippen LogP contribution is -2.38. The van der Waals surface area contributed by atoms with Crippen molar-refractivity contribution in [2.24, 2.45) is 0 Å². The summed E-state index contributed by atoms with van der Waals surface area (Å²) in [5.74, 6) is -2.14. The maximum Gasteiger partial charge on any atom is 0.416 e. The monoisotopic (exact) mass is 591 g/mol. The van der Waals surface area contributed by atoms with Crippen LogP contribution < -0.4 is 16.4 Å². The van der Waals surface area contributed by atoms with Gasteiger partial charge in [-0.1, -0.05) is 0 Å². The molecule has 15 heteroatoms. The molecule has 1 aromatic carbocycles. The van der Waals surface area contributed by atoms with E-state index in [0.717, 1.165) is 18.9 Å². The summed E-state index contributed by atoms with van der Waals surface area (Å²) in [6.07, 6.45) is -0.602. The van der Waals surface area contributed by atoms with Crippen LogP contribution in [0.2, 0.25) is 0 Å². The van der Waals surface area contributed by atoms with Crippen molar-refractivity contribution in [2.45, 2.75) is 37.9 Å². The Morgan fingerprint density at radius 2 is 1.95 bits per heavy atom. The Labute approximate surface area is 236 Å². The van der Waals surface area contributed by atoms with Crippen LogP contribution in [0.25, 0.3) is 11.1 Å². The van der Waals surface area contributed by atoms with Gasteiger partial charge in [-0.15, -0.1) is 0 Å². The molecule has 0 saturated carbocycles. The molecule has 1 saturated heterocycles. The van der Waals surface area contributed by atoms with E-state index in [9.17, 15) is 27.2 Å². The first-order chi connectivity index (χ1) is 20.0. The molecule has 0 spiro atoms. The number of rotatable bonds is 6. The molecule has 4 N–H and O–H groups in total. The molecule has 5 rings (SSSR count). The lowest BCUT2D eigenvalue weighted by molar-refractivity contribution is -0.137. The van der Waals surface area contributed by atoms with Gasteiger partial charge in [0.2, 0.25) is 0 Å². The van der Waals surface area contributed by atoms with Crippen molar-refractivity contribution in [2.75, 3.05) is 31.3 Å². The summed E-state index contributed by atoms with van der Waals surface area (Å²) < 4.78 is 74.8. The van der Waals surface area contributed by atoms with E-state index in [0.29, 0.717) is 48.0 Å². The Hall–Kier alpha value is -4.53. The number of halogens is 5. The molecule has 3 amide bonds. The van der Waals surface area contributed by atoms with Crippen LogP contribution in [0.5, 0.6) is 0 Å². The van der Waals surface area contributed by atoms with E-state index in [-0.39, 0.29) is 42.0 Å². The highest BCUT2D eigenvalue weighted by Crippen LogP contribution is 2.36. The first kappa shape index (κ1) is 29.0. The summed E-state index contributed by atoms with van der Waals surface area (Å²) in [4.78, 5) is 31.7. The molecule has 2 aliphatic rings. The maximum absolute atomic E-state index is 15.2. The lowest BCUT2D eigenvalue weighted by Gasteiger charge is -2.23. The number of fused-ring (bicyclic) bond motifs is 1. The van der Waals surface area contributed by atoms with Gasteiger partial charge in [-0.25, -0.2) is 23.1 Å². The zero-order valence-electron chi connectivity index (χ0n) is 22.3. The second-order valence-corrected chi connectivity index (χ2v) is 9.87. The number of nitrogen functional groups attached to an aromatic ring is 1. The van der Waals surface area contributed by atoms with Crippen molar-refractivity contribution >= 4 is 34.5 Å². The summed E-state index contributed by atoms with van der Waals surface area (Å²) in [6, 6.07) is 1.92. The molecule has 1 fully saturated rings. The maximum atomic E-state index is 15.2. The van der Waals surface area contributed by atoms with E-state index >= 15 is 4.39 Å². The van der Waals surface area contributed by atoms with Crippen LogP contribution in [0.4, 0.5) is 38.3 Å². The number of hydrogen-bond donors (Lipinski definition) is 3. The van der Waals surface area contributed by atoms with Gasteiger partial charge in [0.25, 0.3) is 5.91 Å². The first-order valence-corrected chi connectivity index (χ1v) is 12.9. The molecule has 0 radical (unpaired) electrons. The van der Waals surface area contributed by atoms with Gasteiger partial charge in [0, 0.05) is 19.2 Å². The third-order valence-electron chi connectivity index (χ3n) is 7.18. The number of likely N-dealkylation sites (tertiary alicyclic amines) is 1. The standard InChI is InChI=1S/C27H26F5N7O3/c1-42-12-16-3-2-8-38(16)25(40)22-11-17(23-24(33)34-13-35-39(22)23)14-4-7-20(19(29)9-14)36-26(41)37-21-10-15(27(30,31)32)5-6-18(21)28/h5-6,9-11,13,16H,2-4,7-8,12H2,1H3,(H2,33,34,35)(H2,36,37,41)/t16-/m1/s1. The van der Waals surface area contributed by atoms with E-state index < -0.39 is 35.1 Å². The topological polar surface area (TPSA) is 127 Å². The summed E-state index contributed by atoms with van der Waals surface area (Å²) in [7, 11) is 1.56. The Morgan fingerprint density at radius 3 is 2.67 bits per heavy atom. The Morgan fingerprint density at radius 1 is 1.17 bits per heavy atom. The Balaban J connectivity index is 1.41. The normalized spacial score (nSPS) is 17.5. The quantitative estimate of drug-likeness (QED) is 0.350. The minimum absolute atomic E-state index is 0.0214. The van der Waals surface area contributed by atoms with Crippen molar-refractivity contribution in [1.29, 1.82) is 0 Å². The number of carbonyl (C=O) groups is 2. The first-order valence-electron chi connectivity index (χ1n) is 12.9. The Kier molecular flexibility index (Phi) is 7.86. The van der Waals surface area contributed by atoms with Crippen molar-refractivity contribution in [3.63, 3.8) is 0 Å². The molecule has 0 bridgehead atoms. The largest absolute Gasteiger partial charge is 0.416 e. The number of nitrogens with one attached hydrogen (secondary N) is 2. The van der Waals surface area contributed by atoms with E-state index in [1.54, 1.807) is 18.1 Å². The second kappa shape index (κ2) is 11.4. The van der Waals surface area contributed by atoms with Crippen LogP contribution >= 0.6 is 0 Å². The van der Waals surface area contributed by atoms with E-state index in [2.05, 4.69) is 15.4 Å². The minimum atomic E-state index is -4.75. The van der Waals surface area contributed by atoms with Gasteiger partial charge in [-0.3, -0.25) is 4.79 Å². The highest BCUT2D eigenvalue weighted by atomic mass is 19.4. The van der Waals surface area contributed by atoms with Crippen LogP contribution in [-0.4, -0.2) is 57.7 Å². The number of aromatic nitrogens is 3. The molecule has 0 unspecified atom stereocenters. The molecule has 3 heterocycles. The highest BCUT2D eigenvalue weighted by Gasteiger charge is 2.33. The summed E-state index contributed by atoms with van der Waals surface area (Å²) >= 11 is 0. The number of hydrogen-bond acceptors (Lipinski definition) is 6. The number of alkyl halides is 3. The van der Waals surface area contributed by atoms with Crippen molar-refractivity contribution < 1.29 is 36.3 Å². The van der Waals surface area contributed by atoms with Gasteiger partial charge in [-0.05, 0) is 61.6 Å². The molecule has 10 nitrogen and oxygen atoms in total. The SMILES string of the molecule is COC[C@H]1CCCN1C(=O)c1cc(C2=CC(F)=C(NC(=O)Nc3cc(C(F)(F)F)ccc3F)CC2)c2c(N)ncnn12. The fourth-order valence-electron chi connectivity index (χ4n) is 5.19. The van der Waals surface area contributed by atoms with Crippen LogP contribution in [-0.2, 0) is 10.9 Å². The van der Waals surface area contributed by atoms with Gasteiger partial charge < -0.3 is 26.0 Å². The van der Waals surface area contributed by atoms with Crippen LogP contribution in [0.3, 0.4) is 0 Å². The fraction of sp³-hybridized carbons (Fsp3) is 0.333. The highest BCUT2D eigenvalue weighted by molar-refractivity contribution is 5.99. The summed E-state index contributed by atoms with van der Waals surface area (Å²) in [5.41, 5.74) is 5.53. The number of ether oxygens (including phenoxy) is 1. The van der Waals surface area contributed by atoms with Crippen LogP contribution in [0.1, 0.15) is 47.3 Å². The van der Waals surface area contributed by atoms with Crippen molar-refractivity contribution in [1.82, 2.24) is 24.8 Å². The minimum Gasteiger partial charge on any atom is -0.383 e. The molecule has 42 heavy (non-hydrogen) atoms. The predicted octanol–water partition coefficient (Wildman–Crippen LogP) is 4.90. The number of benzene rings is 1. The number of nitrogens with zero attached hydrogens (tertiary/aromatic N) is 4. The van der Waals surface area contributed by atoms with Gasteiger partial charge in [-0.2, -0.15) is 18.3 Å². The average Bonchev–Trinajstić information content (AvgIpc) is 3.56. The van der Waals surface area contributed by atoms with Crippen LogP contribution in [0, 0.1) is 5.82 Å². The number of nitrogens with two attached hydrogens (primary N) is 1. The number of urea groups is 1. The average molecular weight is 592 g/mol. The summed E-state index contributed by atoms with van der Waals surface area (Å²) in [5, 5.41) is 8.43. The number of carbonyl (C=O) groups excluding carboxylic acids is 2. The van der Waals surface area contributed by atoms with Gasteiger partial charge in [0.15, 0.2) is 5.82 Å². The van der Waals surface area contributed by atoms with Crippen LogP contribution in [0.15, 0.2) is 48.2 Å². The summed E-state index contributed by atoms with van der Waals surface area (Å²) in [6.45, 7) is 0.918. The smallest absolute Gasteiger partial charge is 0.383 e. The lowest BCUT2D eigenvalue weighted by atomic mass is 9.95. The van der Waals surface area contributed by atoms with Gasteiger partial charge in [0.05, 0.1) is 29.6 Å². The van der Waals surface area contributed by atoms with Crippen molar-refractivity contribution in [3.8, 4) is 0 Å². The molecule has 2 aromatic heterocycles. The van der Waals surface area contributed by atoms with Gasteiger partial charge in [0.1, 0.15) is 29.2 Å². The van der Waals surface area contributed by atoms with Crippen molar-refractivity contribution in [3.05, 3.63) is 70.8 Å². The number of methoxy groups -OCH3 is 1. The fourth-order valence-corrected chi connectivity index (χ4v) is 5.19. The van der Waals surface area contributed by atoms with E-state index in [4.69, 9.17) is 10.5 Å². The third kappa shape index (κ3) is 5.64. The Bertz CT molecular complexity index is 1620. The third-order valence-corrected chi connectivity index (χ3v) is 7.18. The molecule has 1 aliphatic heterocycles. The molecule has 3 aromatic rings. The number of amides is 3. The molecule has 1 atom stereocenters. The molecular formula is C27H26F5N7O3. The number of anilines is 2. The second-order valence-electron chi connectivity index (χ2n) is 9.87. The number of allylic oxidation sites excluding steroid dienone is 4. The predicted molar refractivity (Wildman–Crippen MR) is 142 cm³/mol. The zero-order valence-corrected chi connectivity index (χ0v) is 22.3. The van der Waals surface area contributed by atoms with Gasteiger partial charge >= 0.3 is 12.2 Å².